The molecule has 1 amide bonds. The van der Waals surface area contributed by atoms with Gasteiger partial charge in [0.1, 0.15) is 5.60 Å². The van der Waals surface area contributed by atoms with Crippen LogP contribution in [0.25, 0.3) is 0 Å². The first kappa shape index (κ1) is 9.77. The van der Waals surface area contributed by atoms with Gasteiger partial charge in [-0.25, -0.2) is 4.79 Å². The van der Waals surface area contributed by atoms with E-state index in [0.717, 1.165) is 19.5 Å². The Labute approximate surface area is 84.6 Å². The van der Waals surface area contributed by atoms with Crippen molar-refractivity contribution in [1.29, 1.82) is 0 Å². The second-order valence-corrected chi connectivity index (χ2v) is 5.09. The monoisotopic (exact) mass is 198 g/mol. The van der Waals surface area contributed by atoms with Crippen molar-refractivity contribution in [3.63, 3.8) is 0 Å². The number of piperidine rings is 1. The third-order valence-electron chi connectivity index (χ3n) is 2.58. The van der Waals surface area contributed by atoms with Gasteiger partial charge < -0.3 is 15.0 Å². The Kier molecular flexibility index (Phi) is 2.18. The van der Waals surface area contributed by atoms with Crippen molar-refractivity contribution in [3.8, 4) is 0 Å². The van der Waals surface area contributed by atoms with Crippen LogP contribution in [0.1, 0.15) is 27.2 Å². The SMILES string of the molecule is CC(C)(C)OC(=O)N1CC[C@H]2N[C@H]2C1. The van der Waals surface area contributed by atoms with Crippen LogP contribution in [0.5, 0.6) is 0 Å². The zero-order chi connectivity index (χ0) is 10.3. The van der Waals surface area contributed by atoms with Gasteiger partial charge in [0.15, 0.2) is 0 Å². The lowest BCUT2D eigenvalue weighted by atomic mass is 10.1. The lowest BCUT2D eigenvalue weighted by molar-refractivity contribution is 0.0232. The van der Waals surface area contributed by atoms with Crippen molar-refractivity contribution in [2.75, 3.05) is 13.1 Å². The molecule has 14 heavy (non-hydrogen) atoms. The number of hydrogen-bond donors (Lipinski definition) is 1. The first-order chi connectivity index (χ1) is 6.46. The van der Waals surface area contributed by atoms with Crippen LogP contribution in [0.2, 0.25) is 0 Å². The van der Waals surface area contributed by atoms with Crippen molar-refractivity contribution < 1.29 is 9.53 Å². The molecule has 4 heteroatoms. The highest BCUT2D eigenvalue weighted by Crippen LogP contribution is 2.23. The molecule has 2 aliphatic rings. The van der Waals surface area contributed by atoms with Crippen molar-refractivity contribution in [2.24, 2.45) is 0 Å². The molecule has 0 aromatic carbocycles. The molecule has 0 bridgehead atoms. The van der Waals surface area contributed by atoms with E-state index in [1.165, 1.54) is 0 Å². The normalized spacial score (nSPS) is 30.9. The Balaban J connectivity index is 1.85. The molecule has 0 aliphatic carbocycles. The number of rotatable bonds is 0. The van der Waals surface area contributed by atoms with Gasteiger partial charge in [-0.1, -0.05) is 0 Å². The predicted molar refractivity (Wildman–Crippen MR) is 53.1 cm³/mol. The Morgan fingerprint density at radius 1 is 1.43 bits per heavy atom. The van der Waals surface area contributed by atoms with Gasteiger partial charge >= 0.3 is 6.09 Å². The highest BCUT2D eigenvalue weighted by molar-refractivity contribution is 5.68. The van der Waals surface area contributed by atoms with Gasteiger partial charge in [0, 0.05) is 25.2 Å². The van der Waals surface area contributed by atoms with Crippen LogP contribution in [-0.4, -0.2) is 41.8 Å². The van der Waals surface area contributed by atoms with Crippen LogP contribution in [0.3, 0.4) is 0 Å². The third kappa shape index (κ3) is 2.18. The zero-order valence-electron chi connectivity index (χ0n) is 9.04. The predicted octanol–water partition coefficient (Wildman–Crippen LogP) is 0.968. The molecule has 0 unspecified atom stereocenters. The Morgan fingerprint density at radius 3 is 2.71 bits per heavy atom. The van der Waals surface area contributed by atoms with E-state index in [0.29, 0.717) is 12.1 Å². The maximum absolute atomic E-state index is 11.7. The quantitative estimate of drug-likeness (QED) is 0.590. The van der Waals surface area contributed by atoms with Crippen molar-refractivity contribution in [2.45, 2.75) is 44.9 Å². The summed E-state index contributed by atoms with van der Waals surface area (Å²) in [6.07, 6.45) is 0.883. The van der Waals surface area contributed by atoms with Crippen LogP contribution < -0.4 is 5.32 Å². The Morgan fingerprint density at radius 2 is 2.14 bits per heavy atom. The van der Waals surface area contributed by atoms with Crippen LogP contribution >= 0.6 is 0 Å². The molecular formula is C10H18N2O2. The number of nitrogens with zero attached hydrogens (tertiary/aromatic N) is 1. The summed E-state index contributed by atoms with van der Waals surface area (Å²) < 4.78 is 5.30. The molecule has 2 saturated heterocycles. The van der Waals surface area contributed by atoms with Crippen LogP contribution in [0.15, 0.2) is 0 Å². The fraction of sp³-hybridized carbons (Fsp3) is 0.900. The number of nitrogens with one attached hydrogen (secondary N) is 1. The fourth-order valence-electron chi connectivity index (χ4n) is 1.80. The summed E-state index contributed by atoms with van der Waals surface area (Å²) in [6.45, 7) is 7.32. The summed E-state index contributed by atoms with van der Waals surface area (Å²) in [6, 6.07) is 1.19. The Bertz CT molecular complexity index is 247. The molecule has 2 heterocycles. The Hall–Kier alpha value is -0.770. The summed E-state index contributed by atoms with van der Waals surface area (Å²) in [5, 5.41) is 3.33. The molecule has 2 fully saturated rings. The van der Waals surface area contributed by atoms with Gasteiger partial charge in [0.05, 0.1) is 0 Å². The van der Waals surface area contributed by atoms with Crippen molar-refractivity contribution in [1.82, 2.24) is 10.2 Å². The van der Waals surface area contributed by atoms with Gasteiger partial charge in [-0.05, 0) is 27.2 Å². The highest BCUT2D eigenvalue weighted by atomic mass is 16.6. The zero-order valence-corrected chi connectivity index (χ0v) is 9.04. The number of carbonyl (C=O) groups excluding carboxylic acids is 1. The molecule has 4 nitrogen and oxygen atoms in total. The number of carbonyl (C=O) groups is 1. The van der Waals surface area contributed by atoms with E-state index in [9.17, 15) is 4.79 Å². The molecule has 2 rings (SSSR count). The molecule has 0 radical (unpaired) electrons. The lowest BCUT2D eigenvalue weighted by Gasteiger charge is -2.28. The summed E-state index contributed by atoms with van der Waals surface area (Å²) >= 11 is 0. The van der Waals surface area contributed by atoms with Gasteiger partial charge in [0.25, 0.3) is 0 Å². The van der Waals surface area contributed by atoms with Crippen molar-refractivity contribution in [3.05, 3.63) is 0 Å². The minimum Gasteiger partial charge on any atom is -0.444 e. The number of ether oxygens (including phenoxy) is 1. The maximum Gasteiger partial charge on any atom is 0.410 e. The standard InChI is InChI=1S/C10H18N2O2/c1-10(2,3)14-9(13)12-5-4-7-8(6-12)11-7/h7-8,11H,4-6H2,1-3H3/t7-,8+/m1/s1. The summed E-state index contributed by atoms with van der Waals surface area (Å²) in [5.74, 6) is 0. The van der Waals surface area contributed by atoms with E-state index in [4.69, 9.17) is 4.74 Å². The minimum absolute atomic E-state index is 0.176. The molecule has 2 aliphatic heterocycles. The average Bonchev–Trinajstić information content (AvgIpc) is 2.77. The largest absolute Gasteiger partial charge is 0.444 e. The minimum atomic E-state index is -0.384. The van der Waals surface area contributed by atoms with E-state index in [1.54, 1.807) is 4.90 Å². The fourth-order valence-corrected chi connectivity index (χ4v) is 1.80. The number of hydrogen-bond acceptors (Lipinski definition) is 3. The first-order valence-corrected chi connectivity index (χ1v) is 5.20. The van der Waals surface area contributed by atoms with Crippen LogP contribution in [0, 0.1) is 0 Å². The van der Waals surface area contributed by atoms with E-state index < -0.39 is 0 Å². The molecule has 2 atom stereocenters. The second kappa shape index (κ2) is 3.12. The summed E-state index contributed by atoms with van der Waals surface area (Å²) in [4.78, 5) is 13.5. The third-order valence-corrected chi connectivity index (χ3v) is 2.58. The first-order valence-electron chi connectivity index (χ1n) is 5.20. The summed E-state index contributed by atoms with van der Waals surface area (Å²) in [7, 11) is 0. The molecule has 0 aromatic heterocycles. The molecular weight excluding hydrogens is 180 g/mol. The van der Waals surface area contributed by atoms with E-state index >= 15 is 0 Å². The number of amides is 1. The second-order valence-electron chi connectivity index (χ2n) is 5.09. The molecule has 0 saturated carbocycles. The van der Waals surface area contributed by atoms with E-state index in [2.05, 4.69) is 5.32 Å². The lowest BCUT2D eigenvalue weighted by Crippen LogP contribution is -2.42. The van der Waals surface area contributed by atoms with Gasteiger partial charge in [-0.2, -0.15) is 0 Å². The van der Waals surface area contributed by atoms with Gasteiger partial charge in [-0.15, -0.1) is 0 Å². The van der Waals surface area contributed by atoms with E-state index in [-0.39, 0.29) is 11.7 Å². The molecule has 0 aromatic rings. The topological polar surface area (TPSA) is 51.5 Å². The van der Waals surface area contributed by atoms with Crippen molar-refractivity contribution >= 4 is 6.09 Å². The smallest absolute Gasteiger partial charge is 0.410 e. The molecule has 0 spiro atoms. The van der Waals surface area contributed by atoms with Gasteiger partial charge in [0.2, 0.25) is 0 Å². The van der Waals surface area contributed by atoms with Crippen LogP contribution in [-0.2, 0) is 4.74 Å². The number of likely N-dealkylation sites (tertiary alicyclic amines) is 1. The molecule has 1 N–H and O–H groups in total. The molecule has 80 valence electrons. The van der Waals surface area contributed by atoms with E-state index in [1.807, 2.05) is 20.8 Å². The number of fused-ring (bicyclic) bond motifs is 1. The van der Waals surface area contributed by atoms with Gasteiger partial charge in [-0.3, -0.25) is 0 Å². The maximum atomic E-state index is 11.7. The average molecular weight is 198 g/mol. The summed E-state index contributed by atoms with van der Waals surface area (Å²) in [5.41, 5.74) is -0.384. The van der Waals surface area contributed by atoms with Crippen LogP contribution in [0.4, 0.5) is 4.79 Å². The highest BCUT2D eigenvalue weighted by Gasteiger charge is 2.42.